The van der Waals surface area contributed by atoms with E-state index in [1.54, 1.807) is 47.3 Å². The summed E-state index contributed by atoms with van der Waals surface area (Å²) in [5, 5.41) is 1.25. The van der Waals surface area contributed by atoms with Crippen LogP contribution in [0, 0.1) is 0 Å². The number of benzene rings is 1. The number of ether oxygens (including phenoxy) is 1. The number of carbonyl (C=O) groups excluding carboxylic acids is 2. The van der Waals surface area contributed by atoms with Crippen LogP contribution in [0.15, 0.2) is 48.8 Å². The lowest BCUT2D eigenvalue weighted by Crippen LogP contribution is -2.50. The van der Waals surface area contributed by atoms with E-state index < -0.39 is 0 Å². The molecule has 0 unspecified atom stereocenters. The number of hydrogen-bond acceptors (Lipinski definition) is 5. The van der Waals surface area contributed by atoms with Crippen LogP contribution in [0.25, 0.3) is 22.2 Å². The Bertz CT molecular complexity index is 1080. The molecule has 1 aliphatic heterocycles. The molecule has 0 bridgehead atoms. The standard InChI is InChI=1S/C22H21ClN4O3/c1-2-30-22(29)27-11-9-26(10-12-27)21(28)18-14-20(15-5-7-24-8-6-15)25-19-4-3-16(23)13-17(18)19/h3-8,13-14H,2,9-12H2,1H3. The maximum absolute atomic E-state index is 13.4. The van der Waals surface area contributed by atoms with Crippen molar-refractivity contribution in [1.82, 2.24) is 19.8 Å². The lowest BCUT2D eigenvalue weighted by atomic mass is 10.0. The number of nitrogens with zero attached hydrogens (tertiary/aromatic N) is 4. The number of halogens is 1. The van der Waals surface area contributed by atoms with Crippen molar-refractivity contribution >= 4 is 34.5 Å². The van der Waals surface area contributed by atoms with Crippen LogP contribution in [0.2, 0.25) is 5.02 Å². The first kappa shape index (κ1) is 20.1. The monoisotopic (exact) mass is 424 g/mol. The van der Waals surface area contributed by atoms with Gasteiger partial charge in [-0.25, -0.2) is 9.78 Å². The largest absolute Gasteiger partial charge is 0.450 e. The molecular formula is C22H21ClN4O3. The summed E-state index contributed by atoms with van der Waals surface area (Å²) in [6, 6.07) is 10.9. The quantitative estimate of drug-likeness (QED) is 0.638. The average molecular weight is 425 g/mol. The Kier molecular flexibility index (Phi) is 5.81. The summed E-state index contributed by atoms with van der Waals surface area (Å²) < 4.78 is 5.05. The van der Waals surface area contributed by atoms with Crippen LogP contribution in [-0.2, 0) is 4.74 Å². The third-order valence-electron chi connectivity index (χ3n) is 5.07. The molecule has 0 spiro atoms. The van der Waals surface area contributed by atoms with E-state index in [2.05, 4.69) is 4.98 Å². The highest BCUT2D eigenvalue weighted by Gasteiger charge is 2.27. The second-order valence-corrected chi connectivity index (χ2v) is 7.37. The molecule has 0 atom stereocenters. The first-order chi connectivity index (χ1) is 14.6. The molecule has 1 aliphatic rings. The summed E-state index contributed by atoms with van der Waals surface area (Å²) in [5.41, 5.74) is 2.81. The molecule has 4 rings (SSSR count). The van der Waals surface area contributed by atoms with Gasteiger partial charge in [0, 0.05) is 54.5 Å². The van der Waals surface area contributed by atoms with Crippen molar-refractivity contribution in [2.45, 2.75) is 6.92 Å². The lowest BCUT2D eigenvalue weighted by Gasteiger charge is -2.34. The Balaban J connectivity index is 1.66. The van der Waals surface area contributed by atoms with Gasteiger partial charge in [0.25, 0.3) is 5.91 Å². The smallest absolute Gasteiger partial charge is 0.409 e. The van der Waals surface area contributed by atoms with Gasteiger partial charge in [0.15, 0.2) is 0 Å². The molecule has 1 fully saturated rings. The predicted molar refractivity (Wildman–Crippen MR) is 114 cm³/mol. The van der Waals surface area contributed by atoms with Gasteiger partial charge in [0.1, 0.15) is 0 Å². The minimum Gasteiger partial charge on any atom is -0.450 e. The summed E-state index contributed by atoms with van der Waals surface area (Å²) in [6.45, 7) is 3.85. The fraction of sp³-hybridized carbons (Fsp3) is 0.273. The Morgan fingerprint density at radius 1 is 1.03 bits per heavy atom. The normalized spacial score (nSPS) is 14.1. The van der Waals surface area contributed by atoms with Gasteiger partial charge in [-0.1, -0.05) is 11.6 Å². The van der Waals surface area contributed by atoms with Crippen molar-refractivity contribution in [2.24, 2.45) is 0 Å². The molecular weight excluding hydrogens is 404 g/mol. The highest BCUT2D eigenvalue weighted by atomic mass is 35.5. The topological polar surface area (TPSA) is 75.6 Å². The molecule has 0 N–H and O–H groups in total. The van der Waals surface area contributed by atoms with Crippen molar-refractivity contribution in [1.29, 1.82) is 0 Å². The molecule has 30 heavy (non-hydrogen) atoms. The Labute approximate surface area is 179 Å². The van der Waals surface area contributed by atoms with E-state index in [1.807, 2.05) is 18.2 Å². The van der Waals surface area contributed by atoms with E-state index in [9.17, 15) is 9.59 Å². The summed E-state index contributed by atoms with van der Waals surface area (Å²) in [6.07, 6.45) is 3.05. The zero-order chi connectivity index (χ0) is 21.1. The van der Waals surface area contributed by atoms with Gasteiger partial charge in [-0.2, -0.15) is 0 Å². The second kappa shape index (κ2) is 8.67. The van der Waals surface area contributed by atoms with Gasteiger partial charge in [0.05, 0.1) is 23.4 Å². The van der Waals surface area contributed by atoms with Crippen molar-refractivity contribution in [2.75, 3.05) is 32.8 Å². The molecule has 8 heteroatoms. The van der Waals surface area contributed by atoms with Crippen LogP contribution >= 0.6 is 11.6 Å². The van der Waals surface area contributed by atoms with Gasteiger partial charge in [0.2, 0.25) is 0 Å². The van der Waals surface area contributed by atoms with Crippen molar-refractivity contribution < 1.29 is 14.3 Å². The van der Waals surface area contributed by atoms with E-state index in [4.69, 9.17) is 21.3 Å². The third-order valence-corrected chi connectivity index (χ3v) is 5.31. The van der Waals surface area contributed by atoms with Crippen LogP contribution in [0.4, 0.5) is 4.79 Å². The molecule has 3 heterocycles. The first-order valence-electron chi connectivity index (χ1n) is 9.78. The number of hydrogen-bond donors (Lipinski definition) is 0. The fourth-order valence-electron chi connectivity index (χ4n) is 3.52. The molecule has 7 nitrogen and oxygen atoms in total. The van der Waals surface area contributed by atoms with E-state index in [1.165, 1.54) is 0 Å². The van der Waals surface area contributed by atoms with E-state index in [0.717, 1.165) is 5.56 Å². The SMILES string of the molecule is CCOC(=O)N1CCN(C(=O)c2cc(-c3ccncc3)nc3ccc(Cl)cc23)CC1. The molecule has 0 radical (unpaired) electrons. The Morgan fingerprint density at radius 3 is 2.43 bits per heavy atom. The Hall–Kier alpha value is -3.19. The first-order valence-corrected chi connectivity index (χ1v) is 10.2. The van der Waals surface area contributed by atoms with Crippen LogP contribution in [0.1, 0.15) is 17.3 Å². The third kappa shape index (κ3) is 4.07. The lowest BCUT2D eigenvalue weighted by molar-refractivity contribution is 0.0572. The van der Waals surface area contributed by atoms with Crippen LogP contribution in [0.5, 0.6) is 0 Å². The van der Waals surface area contributed by atoms with E-state index in [0.29, 0.717) is 60.0 Å². The number of carbonyl (C=O) groups is 2. The maximum atomic E-state index is 13.4. The van der Waals surface area contributed by atoms with Gasteiger partial charge >= 0.3 is 6.09 Å². The summed E-state index contributed by atoms with van der Waals surface area (Å²) in [5.74, 6) is -0.108. The highest BCUT2D eigenvalue weighted by Crippen LogP contribution is 2.28. The minimum absolute atomic E-state index is 0.108. The molecule has 2 amide bonds. The Morgan fingerprint density at radius 2 is 1.73 bits per heavy atom. The van der Waals surface area contributed by atoms with Crippen molar-refractivity contribution in [3.63, 3.8) is 0 Å². The van der Waals surface area contributed by atoms with Crippen LogP contribution < -0.4 is 0 Å². The van der Waals surface area contributed by atoms with Crippen molar-refractivity contribution in [3.05, 3.63) is 59.4 Å². The zero-order valence-electron chi connectivity index (χ0n) is 16.5. The molecule has 2 aromatic heterocycles. The number of aromatic nitrogens is 2. The van der Waals surface area contributed by atoms with Crippen LogP contribution in [-0.4, -0.2) is 64.6 Å². The highest BCUT2D eigenvalue weighted by molar-refractivity contribution is 6.31. The summed E-state index contributed by atoms with van der Waals surface area (Å²) in [4.78, 5) is 37.5. The van der Waals surface area contributed by atoms with E-state index in [-0.39, 0.29) is 12.0 Å². The number of fused-ring (bicyclic) bond motifs is 1. The summed E-state index contributed by atoms with van der Waals surface area (Å²) in [7, 11) is 0. The molecule has 1 aromatic carbocycles. The van der Waals surface area contributed by atoms with Crippen LogP contribution in [0.3, 0.4) is 0 Å². The molecule has 0 aliphatic carbocycles. The summed E-state index contributed by atoms with van der Waals surface area (Å²) >= 11 is 6.20. The molecule has 154 valence electrons. The number of piperazine rings is 1. The van der Waals surface area contributed by atoms with E-state index >= 15 is 0 Å². The van der Waals surface area contributed by atoms with Gasteiger partial charge < -0.3 is 14.5 Å². The zero-order valence-corrected chi connectivity index (χ0v) is 17.3. The van der Waals surface area contributed by atoms with Gasteiger partial charge in [-0.3, -0.25) is 9.78 Å². The fourth-order valence-corrected chi connectivity index (χ4v) is 3.69. The van der Waals surface area contributed by atoms with Crippen molar-refractivity contribution in [3.8, 4) is 11.3 Å². The second-order valence-electron chi connectivity index (χ2n) is 6.93. The number of rotatable bonds is 3. The van der Waals surface area contributed by atoms with Gasteiger partial charge in [-0.15, -0.1) is 0 Å². The minimum atomic E-state index is -0.342. The maximum Gasteiger partial charge on any atom is 0.409 e. The predicted octanol–water partition coefficient (Wildman–Crippen LogP) is 3.86. The van der Waals surface area contributed by atoms with Gasteiger partial charge in [-0.05, 0) is 43.3 Å². The molecule has 0 saturated carbocycles. The number of amides is 2. The molecule has 3 aromatic rings. The average Bonchev–Trinajstić information content (AvgIpc) is 2.79. The molecule has 1 saturated heterocycles. The number of pyridine rings is 2.